The lowest BCUT2D eigenvalue weighted by molar-refractivity contribution is -0.141. The summed E-state index contributed by atoms with van der Waals surface area (Å²) in [6, 6.07) is 5.92. The van der Waals surface area contributed by atoms with Crippen molar-refractivity contribution in [3.63, 3.8) is 0 Å². The van der Waals surface area contributed by atoms with Crippen molar-refractivity contribution < 1.29 is 9.90 Å². The van der Waals surface area contributed by atoms with Gasteiger partial charge in [0.15, 0.2) is 0 Å². The molecule has 1 aliphatic heterocycles. The van der Waals surface area contributed by atoms with Crippen LogP contribution in [0.5, 0.6) is 0 Å². The number of carboxylic acids is 1. The molecule has 86 valence electrons. The second-order valence-corrected chi connectivity index (χ2v) is 5.74. The lowest BCUT2D eigenvalue weighted by Crippen LogP contribution is -2.21. The predicted octanol–water partition coefficient (Wildman–Crippen LogP) is 2.60. The van der Waals surface area contributed by atoms with Gasteiger partial charge in [0, 0.05) is 28.0 Å². The molecule has 1 saturated heterocycles. The van der Waals surface area contributed by atoms with Gasteiger partial charge < -0.3 is 10.4 Å². The maximum atomic E-state index is 11.1. The van der Waals surface area contributed by atoms with E-state index in [0.717, 1.165) is 21.1 Å². The molecule has 1 fully saturated rings. The van der Waals surface area contributed by atoms with Gasteiger partial charge in [0.05, 0.1) is 5.92 Å². The average molecular weight is 349 g/mol. The van der Waals surface area contributed by atoms with Crippen LogP contribution in [0.4, 0.5) is 0 Å². The van der Waals surface area contributed by atoms with Crippen molar-refractivity contribution in [3.05, 3.63) is 32.7 Å². The third kappa shape index (κ3) is 2.47. The van der Waals surface area contributed by atoms with Gasteiger partial charge >= 0.3 is 5.97 Å². The number of carbonyl (C=O) groups is 1. The van der Waals surface area contributed by atoms with E-state index in [1.165, 1.54) is 0 Å². The van der Waals surface area contributed by atoms with Crippen molar-refractivity contribution in [2.45, 2.75) is 5.92 Å². The van der Waals surface area contributed by atoms with E-state index >= 15 is 0 Å². The number of rotatable bonds is 2. The molecule has 5 heteroatoms. The number of hydrogen-bond acceptors (Lipinski definition) is 2. The molecule has 0 aliphatic carbocycles. The van der Waals surface area contributed by atoms with Gasteiger partial charge in [-0.25, -0.2) is 0 Å². The fourth-order valence-corrected chi connectivity index (χ4v) is 3.41. The minimum absolute atomic E-state index is 0.0475. The summed E-state index contributed by atoms with van der Waals surface area (Å²) in [4.78, 5) is 11.1. The lowest BCUT2D eigenvalue weighted by Gasteiger charge is -2.15. The summed E-state index contributed by atoms with van der Waals surface area (Å²) in [5.41, 5.74) is 1.05. The molecule has 0 bridgehead atoms. The van der Waals surface area contributed by atoms with E-state index < -0.39 is 5.97 Å². The Labute approximate surface area is 110 Å². The van der Waals surface area contributed by atoms with Gasteiger partial charge in [-0.05, 0) is 23.8 Å². The average Bonchev–Trinajstić information content (AvgIpc) is 2.63. The highest BCUT2D eigenvalue weighted by Gasteiger charge is 2.33. The molecule has 2 N–H and O–H groups in total. The zero-order valence-corrected chi connectivity index (χ0v) is 11.6. The Morgan fingerprint density at radius 3 is 2.44 bits per heavy atom. The van der Waals surface area contributed by atoms with Crippen LogP contribution in [0.25, 0.3) is 0 Å². The summed E-state index contributed by atoms with van der Waals surface area (Å²) in [6.07, 6.45) is 0. The number of carboxylic acid groups (broad SMARTS) is 1. The number of halogens is 2. The molecule has 2 rings (SSSR count). The number of nitrogens with one attached hydrogen (secondary N) is 1. The van der Waals surface area contributed by atoms with Crippen LogP contribution in [-0.2, 0) is 4.79 Å². The normalized spacial score (nSPS) is 24.6. The van der Waals surface area contributed by atoms with Crippen molar-refractivity contribution >= 4 is 37.8 Å². The quantitative estimate of drug-likeness (QED) is 0.863. The van der Waals surface area contributed by atoms with Gasteiger partial charge in [0.25, 0.3) is 0 Å². The zero-order chi connectivity index (χ0) is 11.7. The molecule has 1 aromatic carbocycles. The van der Waals surface area contributed by atoms with Crippen LogP contribution in [0.3, 0.4) is 0 Å². The van der Waals surface area contributed by atoms with Crippen LogP contribution in [0.1, 0.15) is 11.5 Å². The van der Waals surface area contributed by atoms with E-state index in [0.29, 0.717) is 6.54 Å². The SMILES string of the molecule is O=C(O)C1CNCC1c1cc(Br)cc(Br)c1. The molecule has 0 aromatic heterocycles. The fraction of sp³-hybridized carbons (Fsp3) is 0.364. The molecule has 1 aliphatic rings. The molecule has 16 heavy (non-hydrogen) atoms. The topological polar surface area (TPSA) is 49.3 Å². The van der Waals surface area contributed by atoms with Crippen LogP contribution in [0.15, 0.2) is 27.1 Å². The highest BCUT2D eigenvalue weighted by atomic mass is 79.9. The molecule has 0 amide bonds. The van der Waals surface area contributed by atoms with Gasteiger partial charge in [-0.15, -0.1) is 0 Å². The second-order valence-electron chi connectivity index (χ2n) is 3.91. The van der Waals surface area contributed by atoms with E-state index in [2.05, 4.69) is 37.2 Å². The van der Waals surface area contributed by atoms with Crippen LogP contribution >= 0.6 is 31.9 Å². The van der Waals surface area contributed by atoms with Crippen LogP contribution in [-0.4, -0.2) is 24.2 Å². The first-order valence-corrected chi connectivity index (χ1v) is 6.56. The minimum atomic E-state index is -0.730. The largest absolute Gasteiger partial charge is 0.481 e. The van der Waals surface area contributed by atoms with Crippen molar-refractivity contribution in [3.8, 4) is 0 Å². The van der Waals surface area contributed by atoms with Gasteiger partial charge in [-0.3, -0.25) is 4.79 Å². The fourth-order valence-electron chi connectivity index (χ4n) is 2.08. The highest BCUT2D eigenvalue weighted by Crippen LogP contribution is 2.32. The first kappa shape index (κ1) is 12.1. The minimum Gasteiger partial charge on any atom is -0.481 e. The Hall–Kier alpha value is -0.390. The Morgan fingerprint density at radius 1 is 1.25 bits per heavy atom. The molecular weight excluding hydrogens is 338 g/mol. The van der Waals surface area contributed by atoms with E-state index in [1.807, 2.05) is 18.2 Å². The van der Waals surface area contributed by atoms with E-state index in [1.54, 1.807) is 0 Å². The third-order valence-electron chi connectivity index (χ3n) is 2.84. The van der Waals surface area contributed by atoms with Gasteiger partial charge in [-0.1, -0.05) is 31.9 Å². The summed E-state index contributed by atoms with van der Waals surface area (Å²) in [5, 5.41) is 12.2. The molecule has 0 radical (unpaired) electrons. The predicted molar refractivity (Wildman–Crippen MR) is 68.6 cm³/mol. The highest BCUT2D eigenvalue weighted by molar-refractivity contribution is 9.11. The number of hydrogen-bond donors (Lipinski definition) is 2. The first-order valence-electron chi connectivity index (χ1n) is 4.97. The van der Waals surface area contributed by atoms with Gasteiger partial charge in [0.1, 0.15) is 0 Å². The van der Waals surface area contributed by atoms with Crippen LogP contribution in [0.2, 0.25) is 0 Å². The zero-order valence-electron chi connectivity index (χ0n) is 8.41. The van der Waals surface area contributed by atoms with Crippen LogP contribution < -0.4 is 5.32 Å². The summed E-state index contributed by atoms with van der Waals surface area (Å²) in [5.74, 6) is -1.02. The smallest absolute Gasteiger partial charge is 0.308 e. The van der Waals surface area contributed by atoms with Gasteiger partial charge in [0.2, 0.25) is 0 Å². The van der Waals surface area contributed by atoms with E-state index in [9.17, 15) is 4.79 Å². The van der Waals surface area contributed by atoms with Crippen molar-refractivity contribution in [1.29, 1.82) is 0 Å². The summed E-state index contributed by atoms with van der Waals surface area (Å²) >= 11 is 6.84. The number of benzene rings is 1. The molecule has 3 nitrogen and oxygen atoms in total. The second kappa shape index (κ2) is 4.85. The molecule has 1 heterocycles. The van der Waals surface area contributed by atoms with Crippen molar-refractivity contribution in [1.82, 2.24) is 5.32 Å². The van der Waals surface area contributed by atoms with Crippen molar-refractivity contribution in [2.75, 3.05) is 13.1 Å². The maximum absolute atomic E-state index is 11.1. The Morgan fingerprint density at radius 2 is 1.88 bits per heavy atom. The summed E-state index contributed by atoms with van der Waals surface area (Å²) in [6.45, 7) is 1.27. The first-order chi connectivity index (χ1) is 7.58. The molecule has 2 unspecified atom stereocenters. The summed E-state index contributed by atoms with van der Waals surface area (Å²) in [7, 11) is 0. The monoisotopic (exact) mass is 347 g/mol. The lowest BCUT2D eigenvalue weighted by atomic mass is 9.89. The Bertz CT molecular complexity index is 402. The van der Waals surface area contributed by atoms with Gasteiger partial charge in [-0.2, -0.15) is 0 Å². The maximum Gasteiger partial charge on any atom is 0.308 e. The number of aliphatic carboxylic acids is 1. The molecular formula is C11H11Br2NO2. The Balaban J connectivity index is 2.32. The molecule has 0 saturated carbocycles. The molecule has 2 atom stereocenters. The van der Waals surface area contributed by atoms with E-state index in [-0.39, 0.29) is 11.8 Å². The standard InChI is InChI=1S/C11H11Br2NO2/c12-7-1-6(2-8(13)3-7)9-4-14-5-10(9)11(15)16/h1-3,9-10,14H,4-5H2,(H,15,16). The van der Waals surface area contributed by atoms with Crippen molar-refractivity contribution in [2.24, 2.45) is 5.92 Å². The Kier molecular flexibility index (Phi) is 3.66. The van der Waals surface area contributed by atoms with Crippen LogP contribution in [0, 0.1) is 5.92 Å². The molecule has 0 spiro atoms. The third-order valence-corrected chi connectivity index (χ3v) is 3.76. The summed E-state index contributed by atoms with van der Waals surface area (Å²) < 4.78 is 1.93. The molecule has 1 aromatic rings. The van der Waals surface area contributed by atoms with E-state index in [4.69, 9.17) is 5.11 Å².